The number of ether oxygens (including phenoxy) is 1. The molecule has 0 aliphatic rings. The van der Waals surface area contributed by atoms with Gasteiger partial charge in [-0.25, -0.2) is 4.39 Å². The normalized spacial score (nSPS) is 11.7. The molecule has 0 radical (unpaired) electrons. The maximum absolute atomic E-state index is 12.9. The van der Waals surface area contributed by atoms with E-state index < -0.39 is 0 Å². The van der Waals surface area contributed by atoms with Crippen molar-refractivity contribution in [1.82, 2.24) is 0 Å². The standard InChI is InChI=1S/C11H16FNO.ClH/c1-3-4-10(13)9-6-5-8(12)7-11(9)14-2;/h5-7,10H,3-4,13H2,1-2H3;1H/t10-;/m1./s1. The third-order valence-corrected chi connectivity index (χ3v) is 2.19. The number of methoxy groups -OCH3 is 1. The van der Waals surface area contributed by atoms with Gasteiger partial charge in [-0.05, 0) is 12.5 Å². The Morgan fingerprint density at radius 2 is 2.13 bits per heavy atom. The molecule has 1 aromatic rings. The average Bonchev–Trinajstić information content (AvgIpc) is 2.17. The van der Waals surface area contributed by atoms with E-state index in [2.05, 4.69) is 6.92 Å². The molecule has 0 saturated carbocycles. The third-order valence-electron chi connectivity index (χ3n) is 2.19. The zero-order chi connectivity index (χ0) is 10.6. The summed E-state index contributed by atoms with van der Waals surface area (Å²) in [7, 11) is 1.52. The Labute approximate surface area is 96.0 Å². The van der Waals surface area contributed by atoms with E-state index >= 15 is 0 Å². The fourth-order valence-corrected chi connectivity index (χ4v) is 1.46. The molecule has 1 aromatic carbocycles. The number of rotatable bonds is 4. The van der Waals surface area contributed by atoms with Crippen LogP contribution in [0.3, 0.4) is 0 Å². The molecule has 0 aliphatic heterocycles. The third kappa shape index (κ3) is 3.68. The van der Waals surface area contributed by atoms with Crippen LogP contribution < -0.4 is 10.5 Å². The first kappa shape index (κ1) is 14.2. The Morgan fingerprint density at radius 1 is 1.47 bits per heavy atom. The van der Waals surface area contributed by atoms with E-state index in [0.717, 1.165) is 18.4 Å². The average molecular weight is 234 g/mol. The zero-order valence-corrected chi connectivity index (χ0v) is 9.81. The summed E-state index contributed by atoms with van der Waals surface area (Å²) in [6.07, 6.45) is 1.88. The van der Waals surface area contributed by atoms with Crippen LogP contribution in [0.4, 0.5) is 4.39 Å². The zero-order valence-electron chi connectivity index (χ0n) is 9.00. The van der Waals surface area contributed by atoms with Crippen molar-refractivity contribution in [1.29, 1.82) is 0 Å². The van der Waals surface area contributed by atoms with Crippen molar-refractivity contribution in [3.8, 4) is 5.75 Å². The van der Waals surface area contributed by atoms with Gasteiger partial charge in [-0.2, -0.15) is 0 Å². The summed E-state index contributed by atoms with van der Waals surface area (Å²) in [5.41, 5.74) is 6.80. The summed E-state index contributed by atoms with van der Waals surface area (Å²) in [5.74, 6) is 0.236. The maximum atomic E-state index is 12.9. The van der Waals surface area contributed by atoms with Crippen LogP contribution >= 0.6 is 12.4 Å². The Bertz CT molecular complexity index is 307. The summed E-state index contributed by atoms with van der Waals surface area (Å²) >= 11 is 0. The summed E-state index contributed by atoms with van der Waals surface area (Å²) in [5, 5.41) is 0. The second-order valence-corrected chi connectivity index (χ2v) is 3.28. The van der Waals surface area contributed by atoms with Gasteiger partial charge >= 0.3 is 0 Å². The minimum atomic E-state index is -0.297. The highest BCUT2D eigenvalue weighted by Gasteiger charge is 2.11. The molecule has 0 unspecified atom stereocenters. The van der Waals surface area contributed by atoms with Crippen LogP contribution in [0, 0.1) is 5.82 Å². The molecule has 4 heteroatoms. The van der Waals surface area contributed by atoms with Crippen LogP contribution in [0.2, 0.25) is 0 Å². The van der Waals surface area contributed by atoms with Gasteiger partial charge in [0.25, 0.3) is 0 Å². The first-order valence-electron chi connectivity index (χ1n) is 4.78. The van der Waals surface area contributed by atoms with Gasteiger partial charge in [0.2, 0.25) is 0 Å². The van der Waals surface area contributed by atoms with Gasteiger partial charge in [-0.15, -0.1) is 12.4 Å². The quantitative estimate of drug-likeness (QED) is 0.868. The predicted octanol–water partition coefficient (Wildman–Crippen LogP) is 3.06. The lowest BCUT2D eigenvalue weighted by molar-refractivity contribution is 0.400. The Balaban J connectivity index is 0.00000196. The molecular formula is C11H17ClFNO. The molecule has 2 nitrogen and oxygen atoms in total. The van der Waals surface area contributed by atoms with Gasteiger partial charge in [-0.1, -0.05) is 19.4 Å². The molecule has 0 fully saturated rings. The van der Waals surface area contributed by atoms with Crippen LogP contribution in [0.1, 0.15) is 31.4 Å². The molecule has 1 atom stereocenters. The highest BCUT2D eigenvalue weighted by molar-refractivity contribution is 5.85. The van der Waals surface area contributed by atoms with E-state index in [1.807, 2.05) is 0 Å². The van der Waals surface area contributed by atoms with Gasteiger partial charge in [0, 0.05) is 17.7 Å². The van der Waals surface area contributed by atoms with Gasteiger partial charge in [-0.3, -0.25) is 0 Å². The maximum Gasteiger partial charge on any atom is 0.126 e. The molecule has 0 bridgehead atoms. The SMILES string of the molecule is CCC[C@@H](N)c1ccc(F)cc1OC.Cl. The van der Waals surface area contributed by atoms with E-state index in [1.165, 1.54) is 19.2 Å². The fraction of sp³-hybridized carbons (Fsp3) is 0.455. The lowest BCUT2D eigenvalue weighted by atomic mass is 10.0. The summed E-state index contributed by atoms with van der Waals surface area (Å²) < 4.78 is 17.9. The molecule has 1 rings (SSSR count). The molecule has 0 amide bonds. The molecule has 15 heavy (non-hydrogen) atoms. The van der Waals surface area contributed by atoms with Crippen LogP contribution in [0.5, 0.6) is 5.75 Å². The minimum Gasteiger partial charge on any atom is -0.496 e. The first-order chi connectivity index (χ1) is 6.69. The first-order valence-corrected chi connectivity index (χ1v) is 4.78. The van der Waals surface area contributed by atoms with Crippen molar-refractivity contribution in [2.45, 2.75) is 25.8 Å². The minimum absolute atomic E-state index is 0. The second-order valence-electron chi connectivity index (χ2n) is 3.28. The van der Waals surface area contributed by atoms with E-state index in [1.54, 1.807) is 6.07 Å². The topological polar surface area (TPSA) is 35.2 Å². The Morgan fingerprint density at radius 3 is 2.67 bits per heavy atom. The van der Waals surface area contributed by atoms with Crippen LogP contribution in [-0.4, -0.2) is 7.11 Å². The van der Waals surface area contributed by atoms with E-state index in [9.17, 15) is 4.39 Å². The molecule has 0 aliphatic carbocycles. The van der Waals surface area contributed by atoms with E-state index in [4.69, 9.17) is 10.5 Å². The number of benzene rings is 1. The molecule has 86 valence electrons. The highest BCUT2D eigenvalue weighted by atomic mass is 35.5. The number of halogens is 2. The van der Waals surface area contributed by atoms with E-state index in [-0.39, 0.29) is 24.3 Å². The molecule has 0 spiro atoms. The lowest BCUT2D eigenvalue weighted by Crippen LogP contribution is -2.11. The molecule has 0 heterocycles. The van der Waals surface area contributed by atoms with Gasteiger partial charge < -0.3 is 10.5 Å². The molecule has 0 aromatic heterocycles. The van der Waals surface area contributed by atoms with Crippen molar-refractivity contribution in [2.75, 3.05) is 7.11 Å². The number of nitrogens with two attached hydrogens (primary N) is 1. The van der Waals surface area contributed by atoms with Crippen molar-refractivity contribution >= 4 is 12.4 Å². The fourth-order valence-electron chi connectivity index (χ4n) is 1.46. The van der Waals surface area contributed by atoms with Gasteiger partial charge in [0.05, 0.1) is 7.11 Å². The van der Waals surface area contributed by atoms with Crippen molar-refractivity contribution in [3.63, 3.8) is 0 Å². The van der Waals surface area contributed by atoms with Crippen molar-refractivity contribution < 1.29 is 9.13 Å². The summed E-state index contributed by atoms with van der Waals surface area (Å²) in [6.45, 7) is 2.07. The van der Waals surface area contributed by atoms with Gasteiger partial charge in [0.1, 0.15) is 11.6 Å². The predicted molar refractivity (Wildman–Crippen MR) is 62.0 cm³/mol. The summed E-state index contributed by atoms with van der Waals surface area (Å²) in [6, 6.07) is 4.39. The Kier molecular flexibility index (Phi) is 6.29. The monoisotopic (exact) mass is 233 g/mol. The number of hydrogen-bond acceptors (Lipinski definition) is 2. The largest absolute Gasteiger partial charge is 0.496 e. The van der Waals surface area contributed by atoms with Crippen molar-refractivity contribution in [3.05, 3.63) is 29.6 Å². The van der Waals surface area contributed by atoms with Crippen LogP contribution in [-0.2, 0) is 0 Å². The Hall–Kier alpha value is -0.800. The van der Waals surface area contributed by atoms with Crippen LogP contribution in [0.15, 0.2) is 18.2 Å². The van der Waals surface area contributed by atoms with Gasteiger partial charge in [0.15, 0.2) is 0 Å². The van der Waals surface area contributed by atoms with E-state index in [0.29, 0.717) is 5.75 Å². The lowest BCUT2D eigenvalue weighted by Gasteiger charge is -2.14. The van der Waals surface area contributed by atoms with Crippen molar-refractivity contribution in [2.24, 2.45) is 5.73 Å². The van der Waals surface area contributed by atoms with Crippen LogP contribution in [0.25, 0.3) is 0 Å². The second kappa shape index (κ2) is 6.64. The molecular weight excluding hydrogens is 217 g/mol. The molecule has 2 N–H and O–H groups in total. The summed E-state index contributed by atoms with van der Waals surface area (Å²) in [4.78, 5) is 0. The molecule has 0 saturated heterocycles. The number of hydrogen-bond donors (Lipinski definition) is 1. The highest BCUT2D eigenvalue weighted by Crippen LogP contribution is 2.26. The smallest absolute Gasteiger partial charge is 0.126 e.